The molecule has 0 bridgehead atoms. The monoisotopic (exact) mass is 338 g/mol. The standard InChI is InChI=1S/C13H17Cl2O4P/c1-3-18-20(17,19-4-2)13(7-8-16)10-5-6-11(14)12(15)9-10/h5-6,8-9,13H,3-4,7H2,1-2H3. The van der Waals surface area contributed by atoms with E-state index in [9.17, 15) is 9.36 Å². The number of aldehydes is 1. The molecule has 112 valence electrons. The number of hydrogen-bond donors (Lipinski definition) is 0. The molecule has 0 aromatic heterocycles. The summed E-state index contributed by atoms with van der Waals surface area (Å²) in [4.78, 5) is 10.9. The molecule has 1 atom stereocenters. The molecule has 0 amide bonds. The van der Waals surface area contributed by atoms with Crippen LogP contribution >= 0.6 is 30.8 Å². The van der Waals surface area contributed by atoms with Crippen LogP contribution < -0.4 is 0 Å². The molecule has 0 saturated heterocycles. The SMILES string of the molecule is CCOP(=O)(OCC)C(CC=O)c1ccc(Cl)c(Cl)c1. The van der Waals surface area contributed by atoms with Gasteiger partial charge in [0.25, 0.3) is 0 Å². The van der Waals surface area contributed by atoms with Crippen LogP contribution in [0.4, 0.5) is 0 Å². The van der Waals surface area contributed by atoms with Crippen molar-refractivity contribution in [3.8, 4) is 0 Å². The Balaban J connectivity index is 3.22. The lowest BCUT2D eigenvalue weighted by Gasteiger charge is -2.25. The first-order chi connectivity index (χ1) is 9.48. The Morgan fingerprint density at radius 3 is 2.25 bits per heavy atom. The van der Waals surface area contributed by atoms with Gasteiger partial charge in [0.05, 0.1) is 28.9 Å². The Hall–Kier alpha value is -0.380. The van der Waals surface area contributed by atoms with Crippen molar-refractivity contribution in [1.82, 2.24) is 0 Å². The number of rotatable bonds is 8. The first kappa shape index (κ1) is 17.7. The van der Waals surface area contributed by atoms with Crippen LogP contribution in [-0.2, 0) is 18.4 Å². The van der Waals surface area contributed by atoms with Crippen molar-refractivity contribution in [1.29, 1.82) is 0 Å². The molecule has 0 heterocycles. The summed E-state index contributed by atoms with van der Waals surface area (Å²) in [5.74, 6) is 0. The molecule has 0 saturated carbocycles. The van der Waals surface area contributed by atoms with Gasteiger partial charge in [-0.3, -0.25) is 4.57 Å². The highest BCUT2D eigenvalue weighted by molar-refractivity contribution is 7.54. The number of carbonyl (C=O) groups is 1. The van der Waals surface area contributed by atoms with E-state index in [0.717, 1.165) is 0 Å². The van der Waals surface area contributed by atoms with E-state index in [1.165, 1.54) is 0 Å². The number of hydrogen-bond acceptors (Lipinski definition) is 4. The van der Waals surface area contributed by atoms with Crippen molar-refractivity contribution in [2.45, 2.75) is 25.9 Å². The molecular weight excluding hydrogens is 322 g/mol. The van der Waals surface area contributed by atoms with E-state index in [1.807, 2.05) is 0 Å². The quantitative estimate of drug-likeness (QED) is 0.500. The fraction of sp³-hybridized carbons (Fsp3) is 0.462. The number of halogens is 2. The second-order valence-electron chi connectivity index (χ2n) is 3.97. The van der Waals surface area contributed by atoms with Gasteiger partial charge in [0, 0.05) is 6.42 Å². The summed E-state index contributed by atoms with van der Waals surface area (Å²) in [5.41, 5.74) is -0.0774. The van der Waals surface area contributed by atoms with Crippen molar-refractivity contribution in [2.75, 3.05) is 13.2 Å². The van der Waals surface area contributed by atoms with E-state index in [-0.39, 0.29) is 19.6 Å². The Bertz CT molecular complexity index is 497. The highest BCUT2D eigenvalue weighted by Gasteiger charge is 2.36. The molecule has 4 nitrogen and oxygen atoms in total. The van der Waals surface area contributed by atoms with Gasteiger partial charge in [-0.05, 0) is 31.5 Å². The summed E-state index contributed by atoms with van der Waals surface area (Å²) in [7, 11) is -3.44. The summed E-state index contributed by atoms with van der Waals surface area (Å²) in [6.07, 6.45) is 0.715. The van der Waals surface area contributed by atoms with Crippen LogP contribution in [0.1, 0.15) is 31.5 Å². The van der Waals surface area contributed by atoms with E-state index >= 15 is 0 Å². The molecule has 0 aliphatic heterocycles. The largest absolute Gasteiger partial charge is 0.338 e. The van der Waals surface area contributed by atoms with Crippen molar-refractivity contribution in [2.24, 2.45) is 0 Å². The summed E-state index contributed by atoms with van der Waals surface area (Å²) >= 11 is 11.8. The topological polar surface area (TPSA) is 52.6 Å². The maximum atomic E-state index is 12.8. The molecule has 0 aliphatic carbocycles. The predicted molar refractivity (Wildman–Crippen MR) is 80.7 cm³/mol. The normalized spacial score (nSPS) is 13.2. The molecule has 0 N–H and O–H groups in total. The molecular formula is C13H17Cl2O4P. The van der Waals surface area contributed by atoms with Crippen molar-refractivity contribution < 1.29 is 18.4 Å². The zero-order valence-corrected chi connectivity index (χ0v) is 13.8. The van der Waals surface area contributed by atoms with E-state index in [4.69, 9.17) is 32.2 Å². The van der Waals surface area contributed by atoms with Gasteiger partial charge in [-0.25, -0.2) is 0 Å². The van der Waals surface area contributed by atoms with E-state index in [1.54, 1.807) is 32.0 Å². The first-order valence-corrected chi connectivity index (χ1v) is 8.62. The maximum absolute atomic E-state index is 12.8. The molecule has 1 aromatic carbocycles. The van der Waals surface area contributed by atoms with Crippen LogP contribution in [0.2, 0.25) is 10.0 Å². The van der Waals surface area contributed by atoms with Gasteiger partial charge in [-0.15, -0.1) is 0 Å². The zero-order chi connectivity index (χ0) is 15.2. The summed E-state index contributed by atoms with van der Waals surface area (Å²) in [5, 5.41) is 0.725. The molecule has 1 aromatic rings. The van der Waals surface area contributed by atoms with Gasteiger partial charge in [-0.2, -0.15) is 0 Å². The predicted octanol–water partition coefficient (Wildman–Crippen LogP) is 4.89. The van der Waals surface area contributed by atoms with E-state index in [0.29, 0.717) is 21.9 Å². The maximum Gasteiger partial charge on any atom is 0.338 e. The highest BCUT2D eigenvalue weighted by Crippen LogP contribution is 2.62. The molecule has 0 spiro atoms. The smallest absolute Gasteiger partial charge is 0.308 e. The number of carbonyl (C=O) groups excluding carboxylic acids is 1. The van der Waals surface area contributed by atoms with Crippen LogP contribution in [0.5, 0.6) is 0 Å². The van der Waals surface area contributed by atoms with Gasteiger partial charge >= 0.3 is 7.60 Å². The lowest BCUT2D eigenvalue weighted by atomic mass is 10.1. The van der Waals surface area contributed by atoms with E-state index < -0.39 is 13.3 Å². The first-order valence-electron chi connectivity index (χ1n) is 6.25. The lowest BCUT2D eigenvalue weighted by molar-refractivity contribution is -0.108. The Morgan fingerprint density at radius 1 is 1.20 bits per heavy atom. The second-order valence-corrected chi connectivity index (χ2v) is 7.00. The lowest BCUT2D eigenvalue weighted by Crippen LogP contribution is -2.07. The minimum atomic E-state index is -3.44. The fourth-order valence-corrected chi connectivity index (χ4v) is 4.17. The van der Waals surface area contributed by atoms with Gasteiger partial charge in [-0.1, -0.05) is 29.3 Å². The van der Waals surface area contributed by atoms with Crippen molar-refractivity contribution in [3.05, 3.63) is 33.8 Å². The molecule has 1 rings (SSSR count). The van der Waals surface area contributed by atoms with E-state index in [2.05, 4.69) is 0 Å². The van der Waals surface area contributed by atoms with Gasteiger partial charge in [0.2, 0.25) is 0 Å². The van der Waals surface area contributed by atoms with Gasteiger partial charge in [0.1, 0.15) is 6.29 Å². The van der Waals surface area contributed by atoms with Gasteiger partial charge in [0.15, 0.2) is 0 Å². The van der Waals surface area contributed by atoms with Crippen LogP contribution in [0.25, 0.3) is 0 Å². The fourth-order valence-electron chi connectivity index (χ4n) is 1.84. The Labute approximate surface area is 128 Å². The zero-order valence-electron chi connectivity index (χ0n) is 11.3. The average Bonchev–Trinajstić information content (AvgIpc) is 2.40. The van der Waals surface area contributed by atoms with Crippen molar-refractivity contribution in [3.63, 3.8) is 0 Å². The number of benzene rings is 1. The minimum Gasteiger partial charge on any atom is -0.308 e. The Kier molecular flexibility index (Phi) is 7.21. The van der Waals surface area contributed by atoms with Crippen LogP contribution in [0.15, 0.2) is 18.2 Å². The molecule has 1 unspecified atom stereocenters. The summed E-state index contributed by atoms with van der Waals surface area (Å²) in [6.45, 7) is 3.90. The highest BCUT2D eigenvalue weighted by atomic mass is 35.5. The third-order valence-corrected chi connectivity index (χ3v) is 5.90. The molecule has 20 heavy (non-hydrogen) atoms. The third-order valence-electron chi connectivity index (χ3n) is 2.65. The molecule has 0 aliphatic rings. The summed E-state index contributed by atoms with van der Waals surface area (Å²) < 4.78 is 23.4. The third kappa shape index (κ3) is 4.31. The average molecular weight is 339 g/mol. The van der Waals surface area contributed by atoms with Crippen LogP contribution in [0.3, 0.4) is 0 Å². The molecule has 7 heteroatoms. The van der Waals surface area contributed by atoms with Crippen LogP contribution in [0, 0.1) is 0 Å². The minimum absolute atomic E-state index is 0.0231. The molecule has 0 fully saturated rings. The van der Waals surface area contributed by atoms with Crippen LogP contribution in [-0.4, -0.2) is 19.5 Å². The van der Waals surface area contributed by atoms with Gasteiger partial charge < -0.3 is 13.8 Å². The van der Waals surface area contributed by atoms with Crippen molar-refractivity contribution >= 4 is 37.1 Å². The summed E-state index contributed by atoms with van der Waals surface area (Å²) in [6, 6.07) is 4.86. The Morgan fingerprint density at radius 2 is 1.80 bits per heavy atom. The second kappa shape index (κ2) is 8.16. The molecule has 0 radical (unpaired) electrons.